The van der Waals surface area contributed by atoms with E-state index >= 15 is 0 Å². The molecule has 0 radical (unpaired) electrons. The molecule has 7 nitrogen and oxygen atoms in total. The van der Waals surface area contributed by atoms with E-state index in [0.29, 0.717) is 46.6 Å². The van der Waals surface area contributed by atoms with Gasteiger partial charge in [-0.05, 0) is 74.5 Å². The molecule has 0 aliphatic carbocycles. The van der Waals surface area contributed by atoms with Crippen molar-refractivity contribution in [2.24, 2.45) is 0 Å². The number of benzene rings is 1. The molecule has 1 aromatic carbocycles. The standard InChI is InChI=1S/C27H32FN5O2/c1-17-11-18(13-19(28)12-17)22-14-30-23-7-8-24(33-10-4-6-21(34)16-33)31-26(23)25(22)27(35)32(2)15-20-5-3-9-29-20/h7-8,11-14,20-21,29,34H,3-6,9-10,15-16H2,1-2H3/t20-,21?/m0/s1. The van der Waals surface area contributed by atoms with Crippen LogP contribution in [0.25, 0.3) is 22.2 Å². The Balaban J connectivity index is 1.63. The summed E-state index contributed by atoms with van der Waals surface area (Å²) in [5, 5.41) is 13.6. The van der Waals surface area contributed by atoms with E-state index in [1.807, 2.05) is 30.0 Å². The fourth-order valence-electron chi connectivity index (χ4n) is 5.24. The summed E-state index contributed by atoms with van der Waals surface area (Å²) in [6.45, 7) is 4.68. The van der Waals surface area contributed by atoms with Gasteiger partial charge in [0.15, 0.2) is 0 Å². The van der Waals surface area contributed by atoms with Crippen LogP contribution >= 0.6 is 0 Å². The maximum absolute atomic E-state index is 14.4. The minimum atomic E-state index is -0.396. The zero-order valence-corrected chi connectivity index (χ0v) is 20.3. The number of hydrogen-bond donors (Lipinski definition) is 2. The summed E-state index contributed by atoms with van der Waals surface area (Å²) < 4.78 is 14.4. The fraction of sp³-hybridized carbons (Fsp3) is 0.444. The Hall–Kier alpha value is -3.10. The number of carbonyl (C=O) groups excluding carboxylic acids is 1. The Morgan fingerprint density at radius 3 is 2.86 bits per heavy atom. The first-order valence-electron chi connectivity index (χ1n) is 12.4. The van der Waals surface area contributed by atoms with Crippen LogP contribution in [0.1, 0.15) is 41.6 Å². The smallest absolute Gasteiger partial charge is 0.256 e. The Labute approximate surface area is 205 Å². The molecular formula is C27H32FN5O2. The molecule has 0 bridgehead atoms. The maximum Gasteiger partial charge on any atom is 0.256 e. The third-order valence-electron chi connectivity index (χ3n) is 6.99. The largest absolute Gasteiger partial charge is 0.391 e. The molecule has 2 aliphatic heterocycles. The van der Waals surface area contributed by atoms with Crippen LogP contribution in [0, 0.1) is 12.7 Å². The molecule has 2 aromatic heterocycles. The number of halogens is 1. The predicted molar refractivity (Wildman–Crippen MR) is 135 cm³/mol. The minimum Gasteiger partial charge on any atom is -0.391 e. The number of likely N-dealkylation sites (N-methyl/N-ethyl adjacent to an activating group) is 1. The number of amides is 1. The molecule has 2 N–H and O–H groups in total. The summed E-state index contributed by atoms with van der Waals surface area (Å²) in [5.74, 6) is 0.192. The number of β-amino-alcohol motifs (C(OH)–C–C–N with tert-alkyl or cyclic N) is 1. The van der Waals surface area contributed by atoms with Crippen LogP contribution in [-0.2, 0) is 0 Å². The summed E-state index contributed by atoms with van der Waals surface area (Å²) in [4.78, 5) is 27.2. The Morgan fingerprint density at radius 2 is 2.11 bits per heavy atom. The number of carbonyl (C=O) groups is 1. The van der Waals surface area contributed by atoms with Crippen molar-refractivity contribution >= 4 is 22.8 Å². The van der Waals surface area contributed by atoms with Gasteiger partial charge in [0, 0.05) is 44.5 Å². The summed E-state index contributed by atoms with van der Waals surface area (Å²) in [7, 11) is 1.81. The molecule has 0 saturated carbocycles. The van der Waals surface area contributed by atoms with Crippen LogP contribution < -0.4 is 10.2 Å². The van der Waals surface area contributed by atoms with Crippen LogP contribution in [0.5, 0.6) is 0 Å². The number of anilines is 1. The van der Waals surface area contributed by atoms with Gasteiger partial charge in [-0.2, -0.15) is 0 Å². The maximum atomic E-state index is 14.4. The number of aliphatic hydroxyl groups excluding tert-OH is 1. The molecule has 8 heteroatoms. The molecule has 1 unspecified atom stereocenters. The number of rotatable bonds is 5. The van der Waals surface area contributed by atoms with E-state index in [9.17, 15) is 14.3 Å². The average molecular weight is 478 g/mol. The van der Waals surface area contributed by atoms with Crippen molar-refractivity contribution in [3.63, 3.8) is 0 Å². The van der Waals surface area contributed by atoms with Crippen LogP contribution in [0.3, 0.4) is 0 Å². The van der Waals surface area contributed by atoms with Crippen LogP contribution in [0.2, 0.25) is 0 Å². The van der Waals surface area contributed by atoms with Gasteiger partial charge in [0.1, 0.15) is 17.2 Å². The molecule has 3 aromatic rings. The first kappa shape index (κ1) is 23.6. The van der Waals surface area contributed by atoms with E-state index in [-0.39, 0.29) is 17.8 Å². The van der Waals surface area contributed by atoms with Gasteiger partial charge in [0.2, 0.25) is 0 Å². The number of pyridine rings is 2. The second-order valence-electron chi connectivity index (χ2n) is 9.82. The van der Waals surface area contributed by atoms with Gasteiger partial charge < -0.3 is 20.2 Å². The van der Waals surface area contributed by atoms with Crippen molar-refractivity contribution in [2.75, 3.05) is 38.1 Å². The topological polar surface area (TPSA) is 81.6 Å². The second kappa shape index (κ2) is 9.87. The van der Waals surface area contributed by atoms with Crippen molar-refractivity contribution in [1.29, 1.82) is 0 Å². The normalized spacial score (nSPS) is 20.4. The third-order valence-corrected chi connectivity index (χ3v) is 6.99. The van der Waals surface area contributed by atoms with Gasteiger partial charge >= 0.3 is 0 Å². The highest BCUT2D eigenvalue weighted by Gasteiger charge is 2.26. The quantitative estimate of drug-likeness (QED) is 0.585. The molecule has 2 saturated heterocycles. The Bertz CT molecular complexity index is 1220. The number of aliphatic hydroxyl groups is 1. The van der Waals surface area contributed by atoms with Gasteiger partial charge in [0.25, 0.3) is 5.91 Å². The van der Waals surface area contributed by atoms with Gasteiger partial charge in [-0.25, -0.2) is 9.37 Å². The van der Waals surface area contributed by atoms with Gasteiger partial charge in [-0.15, -0.1) is 0 Å². The van der Waals surface area contributed by atoms with E-state index in [1.165, 1.54) is 12.1 Å². The molecule has 2 atom stereocenters. The van der Waals surface area contributed by atoms with Crippen LogP contribution in [-0.4, -0.2) is 71.3 Å². The summed E-state index contributed by atoms with van der Waals surface area (Å²) >= 11 is 0. The minimum absolute atomic E-state index is 0.161. The molecule has 0 spiro atoms. The predicted octanol–water partition coefficient (Wildman–Crippen LogP) is 3.53. The first-order chi connectivity index (χ1) is 16.9. The lowest BCUT2D eigenvalue weighted by Gasteiger charge is -2.31. The van der Waals surface area contributed by atoms with E-state index in [4.69, 9.17) is 4.98 Å². The van der Waals surface area contributed by atoms with E-state index in [1.54, 1.807) is 18.1 Å². The summed E-state index contributed by atoms with van der Waals surface area (Å²) in [5.41, 5.74) is 3.48. The van der Waals surface area contributed by atoms with Crippen molar-refractivity contribution in [3.05, 3.63) is 53.5 Å². The Kier molecular flexibility index (Phi) is 6.67. The lowest BCUT2D eigenvalue weighted by molar-refractivity contribution is 0.0786. The van der Waals surface area contributed by atoms with E-state index in [2.05, 4.69) is 10.3 Å². The van der Waals surface area contributed by atoms with Gasteiger partial charge in [-0.1, -0.05) is 6.07 Å². The van der Waals surface area contributed by atoms with Crippen molar-refractivity contribution in [2.45, 2.75) is 44.8 Å². The number of fused-ring (bicyclic) bond motifs is 1. The van der Waals surface area contributed by atoms with Gasteiger partial charge in [0.05, 0.1) is 17.2 Å². The first-order valence-corrected chi connectivity index (χ1v) is 12.4. The highest BCUT2D eigenvalue weighted by atomic mass is 19.1. The molecule has 2 fully saturated rings. The lowest BCUT2D eigenvalue weighted by Crippen LogP contribution is -2.39. The highest BCUT2D eigenvalue weighted by molar-refractivity contribution is 6.10. The number of hydrogen-bond acceptors (Lipinski definition) is 6. The molecule has 184 valence electrons. The van der Waals surface area contributed by atoms with E-state index in [0.717, 1.165) is 44.3 Å². The highest BCUT2D eigenvalue weighted by Crippen LogP contribution is 2.32. The van der Waals surface area contributed by atoms with Crippen molar-refractivity contribution < 1.29 is 14.3 Å². The zero-order valence-electron chi connectivity index (χ0n) is 20.3. The lowest BCUT2D eigenvalue weighted by atomic mass is 9.97. The molecule has 5 rings (SSSR count). The average Bonchev–Trinajstić information content (AvgIpc) is 3.35. The third kappa shape index (κ3) is 4.99. The monoisotopic (exact) mass is 477 g/mol. The number of aromatic nitrogens is 2. The van der Waals surface area contributed by atoms with Crippen LogP contribution in [0.15, 0.2) is 36.5 Å². The number of nitrogens with zero attached hydrogens (tertiary/aromatic N) is 4. The summed E-state index contributed by atoms with van der Waals surface area (Å²) in [6, 6.07) is 8.79. The number of piperidine rings is 1. The van der Waals surface area contributed by atoms with Crippen LogP contribution in [0.4, 0.5) is 10.2 Å². The fourth-order valence-corrected chi connectivity index (χ4v) is 5.24. The SMILES string of the molecule is Cc1cc(F)cc(-c2cnc3ccc(N4CCCC(O)C4)nc3c2C(=O)N(C)C[C@@H]2CCCN2)c1. The second-order valence-corrected chi connectivity index (χ2v) is 9.82. The van der Waals surface area contributed by atoms with E-state index < -0.39 is 6.10 Å². The summed E-state index contributed by atoms with van der Waals surface area (Å²) in [6.07, 6.45) is 5.04. The molecule has 2 aliphatic rings. The molecule has 1 amide bonds. The number of nitrogens with one attached hydrogen (secondary N) is 1. The van der Waals surface area contributed by atoms with Gasteiger partial charge in [-0.3, -0.25) is 9.78 Å². The van der Waals surface area contributed by atoms with Crippen molar-refractivity contribution in [1.82, 2.24) is 20.2 Å². The molecular weight excluding hydrogens is 445 g/mol. The number of aryl methyl sites for hydroxylation is 1. The molecule has 35 heavy (non-hydrogen) atoms. The van der Waals surface area contributed by atoms with Crippen molar-refractivity contribution in [3.8, 4) is 11.1 Å². The Morgan fingerprint density at radius 1 is 1.26 bits per heavy atom. The molecule has 4 heterocycles. The zero-order chi connectivity index (χ0) is 24.5.